The lowest BCUT2D eigenvalue weighted by atomic mass is 10.1. The molecule has 0 spiro atoms. The second-order valence-electron chi connectivity index (χ2n) is 5.73. The molecule has 0 aliphatic carbocycles. The first kappa shape index (κ1) is 20.5. The fourth-order valence-electron chi connectivity index (χ4n) is 2.42. The summed E-state index contributed by atoms with van der Waals surface area (Å²) in [5.41, 5.74) is -4.71. The summed E-state index contributed by atoms with van der Waals surface area (Å²) in [6.07, 6.45) is -11.7. The molecule has 2 aromatic carbocycles. The summed E-state index contributed by atoms with van der Waals surface area (Å²) in [6.45, 7) is 0. The van der Waals surface area contributed by atoms with Crippen LogP contribution in [0.1, 0.15) is 11.1 Å². The quantitative estimate of drug-likeness (QED) is 0.606. The Morgan fingerprint density at radius 2 is 0.964 bits per heavy atom. The van der Waals surface area contributed by atoms with Gasteiger partial charge in [-0.15, -0.1) is 0 Å². The van der Waals surface area contributed by atoms with Crippen molar-refractivity contribution in [1.29, 1.82) is 0 Å². The Bertz CT molecular complexity index is 854. The number of hydrogen-bond acceptors (Lipinski definition) is 3. The molecule has 2 aromatic rings. The molecule has 28 heavy (non-hydrogen) atoms. The zero-order chi connectivity index (χ0) is 20.7. The number of amidine groups is 2. The first-order valence-corrected chi connectivity index (χ1v) is 8.30. The van der Waals surface area contributed by atoms with E-state index in [1.54, 1.807) is 0 Å². The zero-order valence-corrected chi connectivity index (χ0v) is 15.0. The van der Waals surface area contributed by atoms with Gasteiger partial charge in [-0.3, -0.25) is 0 Å². The van der Waals surface area contributed by atoms with Gasteiger partial charge < -0.3 is 5.32 Å². The Morgan fingerprint density at radius 1 is 0.643 bits per heavy atom. The third kappa shape index (κ3) is 3.68. The monoisotopic (exact) mass is 439 g/mol. The van der Waals surface area contributed by atoms with E-state index in [0.29, 0.717) is 0 Å². The van der Waals surface area contributed by atoms with E-state index in [4.69, 9.17) is 23.2 Å². The molecule has 0 atom stereocenters. The van der Waals surface area contributed by atoms with Crippen molar-refractivity contribution >= 4 is 34.9 Å². The van der Waals surface area contributed by atoms with Crippen LogP contribution in [0.25, 0.3) is 0 Å². The maximum absolute atomic E-state index is 13.6. The molecule has 1 aliphatic rings. The lowest BCUT2D eigenvalue weighted by Gasteiger charge is -2.34. The van der Waals surface area contributed by atoms with E-state index in [1.807, 2.05) is 0 Å². The van der Waals surface area contributed by atoms with E-state index >= 15 is 0 Å². The molecular formula is C17H9Cl2F6N3. The minimum absolute atomic E-state index is 0.0244. The molecule has 0 radical (unpaired) electrons. The molecule has 0 amide bonds. The van der Waals surface area contributed by atoms with Crippen LogP contribution < -0.4 is 5.32 Å². The molecule has 0 saturated heterocycles. The summed E-state index contributed by atoms with van der Waals surface area (Å²) in [6, 6.07) is 10.3. The minimum Gasteiger partial charge on any atom is -0.324 e. The van der Waals surface area contributed by atoms with E-state index in [-0.39, 0.29) is 21.2 Å². The predicted molar refractivity (Wildman–Crippen MR) is 94.0 cm³/mol. The van der Waals surface area contributed by atoms with Crippen molar-refractivity contribution in [2.24, 2.45) is 9.98 Å². The molecule has 1 N–H and O–H groups in total. The number of halogens is 8. The summed E-state index contributed by atoms with van der Waals surface area (Å²) in [5.74, 6) is -1.29. The van der Waals surface area contributed by atoms with Gasteiger partial charge in [0.2, 0.25) is 0 Å². The van der Waals surface area contributed by atoms with Gasteiger partial charge in [0.25, 0.3) is 0 Å². The molecule has 0 saturated carbocycles. The Balaban J connectivity index is 2.24. The lowest BCUT2D eigenvalue weighted by Crippen LogP contribution is -2.59. The number of alkyl halides is 6. The van der Waals surface area contributed by atoms with Crippen LogP contribution in [0, 0.1) is 0 Å². The van der Waals surface area contributed by atoms with Gasteiger partial charge in [0, 0.05) is 21.2 Å². The maximum atomic E-state index is 13.6. The van der Waals surface area contributed by atoms with Crippen LogP contribution in [0.5, 0.6) is 0 Å². The fourth-order valence-corrected chi connectivity index (χ4v) is 2.67. The topological polar surface area (TPSA) is 36.8 Å². The van der Waals surface area contributed by atoms with Crippen molar-refractivity contribution in [3.8, 4) is 0 Å². The van der Waals surface area contributed by atoms with Gasteiger partial charge in [-0.05, 0) is 48.5 Å². The van der Waals surface area contributed by atoms with E-state index in [1.165, 1.54) is 48.5 Å². The average molecular weight is 440 g/mol. The van der Waals surface area contributed by atoms with Crippen molar-refractivity contribution in [2.75, 3.05) is 0 Å². The summed E-state index contributed by atoms with van der Waals surface area (Å²) in [5, 5.41) is 2.95. The minimum atomic E-state index is -5.83. The van der Waals surface area contributed by atoms with E-state index in [0.717, 1.165) is 0 Å². The van der Waals surface area contributed by atoms with E-state index in [2.05, 4.69) is 15.3 Å². The van der Waals surface area contributed by atoms with Gasteiger partial charge >= 0.3 is 18.0 Å². The average Bonchev–Trinajstić information content (AvgIpc) is 2.60. The van der Waals surface area contributed by atoms with E-state index < -0.39 is 29.7 Å². The van der Waals surface area contributed by atoms with Crippen LogP contribution in [0.2, 0.25) is 10.0 Å². The number of nitrogens with zero attached hydrogens (tertiary/aromatic N) is 2. The molecular weight excluding hydrogens is 431 g/mol. The number of hydrogen-bond donors (Lipinski definition) is 1. The lowest BCUT2D eigenvalue weighted by molar-refractivity contribution is -0.292. The van der Waals surface area contributed by atoms with Gasteiger partial charge in [-0.2, -0.15) is 26.3 Å². The number of nitrogens with one attached hydrogen (secondary N) is 1. The van der Waals surface area contributed by atoms with Gasteiger partial charge in [0.05, 0.1) is 0 Å². The highest BCUT2D eigenvalue weighted by Gasteiger charge is 2.73. The normalized spacial score (nSPS) is 16.9. The summed E-state index contributed by atoms with van der Waals surface area (Å²) in [7, 11) is 0. The van der Waals surface area contributed by atoms with Crippen LogP contribution in [0.4, 0.5) is 26.3 Å². The van der Waals surface area contributed by atoms with Crippen LogP contribution in [-0.2, 0) is 0 Å². The summed E-state index contributed by atoms with van der Waals surface area (Å²) >= 11 is 11.5. The third-order valence-corrected chi connectivity index (χ3v) is 4.31. The summed E-state index contributed by atoms with van der Waals surface area (Å²) in [4.78, 5) is 5.90. The molecule has 3 nitrogen and oxygen atoms in total. The predicted octanol–water partition coefficient (Wildman–Crippen LogP) is 5.61. The third-order valence-electron chi connectivity index (χ3n) is 3.81. The van der Waals surface area contributed by atoms with Gasteiger partial charge in [-0.25, -0.2) is 9.98 Å². The van der Waals surface area contributed by atoms with Crippen LogP contribution in [0.3, 0.4) is 0 Å². The second kappa shape index (κ2) is 6.97. The zero-order valence-electron chi connectivity index (χ0n) is 13.5. The highest BCUT2D eigenvalue weighted by atomic mass is 35.5. The maximum Gasteiger partial charge on any atom is 0.443 e. The molecule has 3 rings (SSSR count). The number of rotatable bonds is 2. The van der Waals surface area contributed by atoms with Crippen LogP contribution >= 0.6 is 23.2 Å². The first-order chi connectivity index (χ1) is 12.9. The van der Waals surface area contributed by atoms with Gasteiger partial charge in [0.15, 0.2) is 0 Å². The molecule has 0 bridgehead atoms. The van der Waals surface area contributed by atoms with Crippen molar-refractivity contribution < 1.29 is 26.3 Å². The highest BCUT2D eigenvalue weighted by molar-refractivity contribution is 6.31. The molecule has 1 aliphatic heterocycles. The smallest absolute Gasteiger partial charge is 0.324 e. The van der Waals surface area contributed by atoms with Crippen molar-refractivity contribution in [1.82, 2.24) is 5.32 Å². The molecule has 0 aromatic heterocycles. The van der Waals surface area contributed by atoms with Gasteiger partial charge in [0.1, 0.15) is 11.7 Å². The number of benzene rings is 2. The molecule has 11 heteroatoms. The SMILES string of the molecule is FC(F)(F)C1(C(F)(F)F)N=C(c2ccc(Cl)cc2)NC(c2ccc(Cl)cc2)=N1. The first-order valence-electron chi connectivity index (χ1n) is 7.55. The molecule has 1 heterocycles. The van der Waals surface area contributed by atoms with Crippen LogP contribution in [0.15, 0.2) is 58.5 Å². The van der Waals surface area contributed by atoms with Gasteiger partial charge in [-0.1, -0.05) is 23.2 Å². The van der Waals surface area contributed by atoms with Crippen molar-refractivity contribution in [3.63, 3.8) is 0 Å². The largest absolute Gasteiger partial charge is 0.443 e. The van der Waals surface area contributed by atoms with Crippen LogP contribution in [-0.4, -0.2) is 29.7 Å². The molecule has 0 fully saturated rings. The number of aliphatic imine (C=N–C) groups is 2. The molecule has 148 valence electrons. The Morgan fingerprint density at radius 3 is 1.25 bits per heavy atom. The Kier molecular flexibility index (Phi) is 5.09. The Hall–Kier alpha value is -2.26. The molecule has 0 unspecified atom stereocenters. The van der Waals surface area contributed by atoms with Crippen molar-refractivity contribution in [2.45, 2.75) is 18.0 Å². The standard InChI is InChI=1S/C17H9Cl2F6N3/c18-11-5-1-9(2-6-11)13-26-14(10-3-7-12(19)8-4-10)28-15(27-13,16(20,21)22)17(23,24)25/h1-8H,(H,26,27,28). The summed E-state index contributed by atoms with van der Waals surface area (Å²) < 4.78 is 81.6. The Labute approximate surface area is 164 Å². The fraction of sp³-hybridized carbons (Fsp3) is 0.176. The second-order valence-corrected chi connectivity index (χ2v) is 6.60. The highest BCUT2D eigenvalue weighted by Crippen LogP contribution is 2.48. The van der Waals surface area contributed by atoms with E-state index in [9.17, 15) is 26.3 Å². The van der Waals surface area contributed by atoms with Crippen molar-refractivity contribution in [3.05, 3.63) is 69.7 Å².